The quantitative estimate of drug-likeness (QED) is 0.800. The summed E-state index contributed by atoms with van der Waals surface area (Å²) in [5.41, 5.74) is 0. The largest absolute Gasteiger partial charge is 0.379 e. The topological polar surface area (TPSA) is 58.6 Å². The smallest absolute Gasteiger partial charge is 0.215 e. The lowest BCUT2D eigenvalue weighted by Crippen LogP contribution is -2.44. The molecular formula is C15H28N2O3S. The lowest BCUT2D eigenvalue weighted by Gasteiger charge is -2.30. The van der Waals surface area contributed by atoms with Gasteiger partial charge in [0, 0.05) is 25.7 Å². The molecule has 5 nitrogen and oxygen atoms in total. The van der Waals surface area contributed by atoms with E-state index in [2.05, 4.69) is 5.32 Å². The predicted molar refractivity (Wildman–Crippen MR) is 82.7 cm³/mol. The van der Waals surface area contributed by atoms with Gasteiger partial charge < -0.3 is 10.1 Å². The van der Waals surface area contributed by atoms with Crippen LogP contribution in [0.25, 0.3) is 0 Å². The van der Waals surface area contributed by atoms with E-state index in [1.165, 1.54) is 38.5 Å². The molecule has 0 bridgehead atoms. The summed E-state index contributed by atoms with van der Waals surface area (Å²) in [6, 6.07) is 0.532. The van der Waals surface area contributed by atoms with Gasteiger partial charge in [0.15, 0.2) is 0 Å². The maximum absolute atomic E-state index is 12.2. The average Bonchev–Trinajstić information content (AvgIpc) is 3.33. The van der Waals surface area contributed by atoms with Crippen LogP contribution in [0.15, 0.2) is 0 Å². The Morgan fingerprint density at radius 3 is 2.52 bits per heavy atom. The number of ether oxygens (including phenoxy) is 1. The summed E-state index contributed by atoms with van der Waals surface area (Å²) in [5, 5.41) is 3.49. The van der Waals surface area contributed by atoms with Gasteiger partial charge in [-0.15, -0.1) is 0 Å². The van der Waals surface area contributed by atoms with Gasteiger partial charge in [-0.1, -0.05) is 12.8 Å². The number of hydrogen-bond donors (Lipinski definition) is 1. The van der Waals surface area contributed by atoms with Crippen LogP contribution in [0, 0.1) is 11.8 Å². The third kappa shape index (κ3) is 4.41. The molecule has 122 valence electrons. The van der Waals surface area contributed by atoms with E-state index in [-0.39, 0.29) is 5.75 Å². The summed E-state index contributed by atoms with van der Waals surface area (Å²) in [6.45, 7) is 2.66. The first kappa shape index (κ1) is 15.7. The van der Waals surface area contributed by atoms with E-state index < -0.39 is 10.0 Å². The van der Waals surface area contributed by atoms with Crippen molar-refractivity contribution < 1.29 is 13.2 Å². The minimum Gasteiger partial charge on any atom is -0.379 e. The standard InChI is InChI=1S/C15H28N2O3S/c18-21(19,17-7-9-20-10-8-17)11-6-16-15-3-1-2-14(12-15)13-4-5-13/h13-16H,1-12H2/t14-,15-/m1/s1. The molecule has 0 aromatic rings. The monoisotopic (exact) mass is 316 g/mol. The number of nitrogens with one attached hydrogen (secondary N) is 1. The van der Waals surface area contributed by atoms with Crippen molar-refractivity contribution in [3.63, 3.8) is 0 Å². The second-order valence-corrected chi connectivity index (χ2v) is 8.83. The average molecular weight is 316 g/mol. The van der Waals surface area contributed by atoms with Gasteiger partial charge in [-0.05, 0) is 37.5 Å². The summed E-state index contributed by atoms with van der Waals surface area (Å²) in [7, 11) is -3.11. The highest BCUT2D eigenvalue weighted by molar-refractivity contribution is 7.89. The van der Waals surface area contributed by atoms with E-state index in [1.807, 2.05) is 0 Å². The fraction of sp³-hybridized carbons (Fsp3) is 1.00. The number of sulfonamides is 1. The zero-order chi connectivity index (χ0) is 14.7. The predicted octanol–water partition coefficient (Wildman–Crippen LogP) is 1.21. The minimum absolute atomic E-state index is 0.220. The van der Waals surface area contributed by atoms with Crippen molar-refractivity contribution in [1.82, 2.24) is 9.62 Å². The van der Waals surface area contributed by atoms with Crippen LogP contribution in [-0.4, -0.2) is 57.4 Å². The Morgan fingerprint density at radius 1 is 1.05 bits per heavy atom. The van der Waals surface area contributed by atoms with Crippen LogP contribution < -0.4 is 5.32 Å². The van der Waals surface area contributed by atoms with E-state index in [4.69, 9.17) is 4.74 Å². The van der Waals surface area contributed by atoms with Crippen molar-refractivity contribution in [3.8, 4) is 0 Å². The second kappa shape index (κ2) is 6.94. The molecule has 0 unspecified atom stereocenters. The van der Waals surface area contributed by atoms with Gasteiger partial charge in [0.1, 0.15) is 0 Å². The Hall–Kier alpha value is -0.170. The highest BCUT2D eigenvalue weighted by Gasteiger charge is 2.34. The van der Waals surface area contributed by atoms with Crippen LogP contribution in [0.1, 0.15) is 38.5 Å². The number of morpholine rings is 1. The molecule has 0 amide bonds. The molecule has 2 aliphatic carbocycles. The van der Waals surface area contributed by atoms with Gasteiger partial charge in [0.25, 0.3) is 0 Å². The highest BCUT2D eigenvalue weighted by Crippen LogP contribution is 2.43. The Kier molecular flexibility index (Phi) is 5.19. The lowest BCUT2D eigenvalue weighted by atomic mass is 9.83. The number of nitrogens with zero attached hydrogens (tertiary/aromatic N) is 1. The van der Waals surface area contributed by atoms with Gasteiger partial charge in [0.05, 0.1) is 19.0 Å². The second-order valence-electron chi connectivity index (χ2n) is 6.74. The summed E-state index contributed by atoms with van der Waals surface area (Å²) in [6.07, 6.45) is 7.98. The van der Waals surface area contributed by atoms with E-state index >= 15 is 0 Å². The Balaban J connectivity index is 1.40. The Labute approximate surface area is 128 Å². The molecule has 3 aliphatic rings. The summed E-state index contributed by atoms with van der Waals surface area (Å²) in [5.74, 6) is 2.09. The molecular weight excluding hydrogens is 288 g/mol. The zero-order valence-corrected chi connectivity index (χ0v) is 13.6. The Morgan fingerprint density at radius 2 is 1.81 bits per heavy atom. The normalized spacial score (nSPS) is 32.2. The Bertz CT molecular complexity index is 430. The first-order valence-corrected chi connectivity index (χ1v) is 10.0. The summed E-state index contributed by atoms with van der Waals surface area (Å²) in [4.78, 5) is 0. The molecule has 1 saturated heterocycles. The van der Waals surface area contributed by atoms with Crippen LogP contribution in [-0.2, 0) is 14.8 Å². The molecule has 1 aliphatic heterocycles. The SMILES string of the molecule is O=S(=O)(CCN[C@@H]1CCC[C@@H](C2CC2)C1)N1CCOCC1. The van der Waals surface area contributed by atoms with Crippen molar-refractivity contribution >= 4 is 10.0 Å². The first-order valence-electron chi connectivity index (χ1n) is 8.44. The first-order chi connectivity index (χ1) is 10.1. The lowest BCUT2D eigenvalue weighted by molar-refractivity contribution is 0.0730. The van der Waals surface area contributed by atoms with Crippen LogP contribution in [0.5, 0.6) is 0 Å². The fourth-order valence-electron chi connectivity index (χ4n) is 3.75. The van der Waals surface area contributed by atoms with Crippen molar-refractivity contribution in [3.05, 3.63) is 0 Å². The zero-order valence-electron chi connectivity index (χ0n) is 12.8. The van der Waals surface area contributed by atoms with Crippen LogP contribution >= 0.6 is 0 Å². The molecule has 3 rings (SSSR count). The fourth-order valence-corrected chi connectivity index (χ4v) is 5.09. The molecule has 6 heteroatoms. The third-order valence-electron chi connectivity index (χ3n) is 5.16. The summed E-state index contributed by atoms with van der Waals surface area (Å²) >= 11 is 0. The van der Waals surface area contributed by atoms with E-state index in [0.717, 1.165) is 11.8 Å². The third-order valence-corrected chi connectivity index (χ3v) is 7.03. The molecule has 1 heterocycles. The van der Waals surface area contributed by atoms with Gasteiger partial charge in [-0.2, -0.15) is 4.31 Å². The van der Waals surface area contributed by atoms with Gasteiger partial charge >= 0.3 is 0 Å². The molecule has 21 heavy (non-hydrogen) atoms. The number of rotatable bonds is 6. The van der Waals surface area contributed by atoms with Gasteiger partial charge in [-0.3, -0.25) is 0 Å². The van der Waals surface area contributed by atoms with Crippen molar-refractivity contribution in [2.45, 2.75) is 44.6 Å². The molecule has 0 spiro atoms. The van der Waals surface area contributed by atoms with Gasteiger partial charge in [-0.25, -0.2) is 8.42 Å². The van der Waals surface area contributed by atoms with E-state index in [1.54, 1.807) is 4.31 Å². The van der Waals surface area contributed by atoms with Crippen LogP contribution in [0.3, 0.4) is 0 Å². The maximum atomic E-state index is 12.2. The minimum atomic E-state index is -3.11. The van der Waals surface area contributed by atoms with Crippen molar-refractivity contribution in [2.75, 3.05) is 38.6 Å². The van der Waals surface area contributed by atoms with Crippen LogP contribution in [0.4, 0.5) is 0 Å². The number of hydrogen-bond acceptors (Lipinski definition) is 4. The molecule has 3 fully saturated rings. The molecule has 2 saturated carbocycles. The van der Waals surface area contributed by atoms with Crippen LogP contribution in [0.2, 0.25) is 0 Å². The molecule has 0 aromatic heterocycles. The maximum Gasteiger partial charge on any atom is 0.215 e. The molecule has 2 atom stereocenters. The molecule has 0 radical (unpaired) electrons. The van der Waals surface area contributed by atoms with Gasteiger partial charge in [0.2, 0.25) is 10.0 Å². The van der Waals surface area contributed by atoms with Crippen molar-refractivity contribution in [1.29, 1.82) is 0 Å². The molecule has 1 N–H and O–H groups in total. The van der Waals surface area contributed by atoms with E-state index in [9.17, 15) is 8.42 Å². The van der Waals surface area contributed by atoms with Crippen molar-refractivity contribution in [2.24, 2.45) is 11.8 Å². The highest BCUT2D eigenvalue weighted by atomic mass is 32.2. The van der Waals surface area contributed by atoms with E-state index in [0.29, 0.717) is 38.9 Å². The molecule has 0 aromatic carbocycles. The summed E-state index contributed by atoms with van der Waals surface area (Å²) < 4.78 is 31.3.